The fourth-order valence-electron chi connectivity index (χ4n) is 1.03. The number of rotatable bonds is 1. The molecule has 0 atom stereocenters. The predicted molar refractivity (Wildman–Crippen MR) is 48.0 cm³/mol. The third kappa shape index (κ3) is 1.40. The van der Waals surface area contributed by atoms with Gasteiger partial charge in [0, 0.05) is 6.92 Å². The molecular weight excluding hydrogens is 190 g/mol. The molecule has 4 nitrogen and oxygen atoms in total. The van der Waals surface area contributed by atoms with Crippen molar-refractivity contribution in [3.05, 3.63) is 29.2 Å². The second-order valence-corrected chi connectivity index (χ2v) is 3.03. The van der Waals surface area contributed by atoms with Gasteiger partial charge in [-0.2, -0.15) is 5.10 Å². The van der Waals surface area contributed by atoms with E-state index in [9.17, 15) is 4.79 Å². The van der Waals surface area contributed by atoms with E-state index in [1.54, 1.807) is 18.3 Å². The quantitative estimate of drug-likeness (QED) is 0.650. The number of Topliss-reactive ketones (excluding diaryl/α,β-unsaturated/α-hetero) is 1. The molecule has 2 rings (SSSR count). The molecule has 0 amide bonds. The van der Waals surface area contributed by atoms with Crippen molar-refractivity contribution >= 4 is 23.0 Å². The smallest absolute Gasteiger partial charge is 0.179 e. The maximum absolute atomic E-state index is 11.0. The van der Waals surface area contributed by atoms with Crippen molar-refractivity contribution in [3.63, 3.8) is 0 Å². The van der Waals surface area contributed by atoms with Crippen LogP contribution in [0.5, 0.6) is 0 Å². The van der Waals surface area contributed by atoms with E-state index in [1.807, 2.05) is 0 Å². The third-order valence-corrected chi connectivity index (χ3v) is 1.85. The molecule has 0 saturated heterocycles. The van der Waals surface area contributed by atoms with Gasteiger partial charge in [0.2, 0.25) is 0 Å². The van der Waals surface area contributed by atoms with Crippen LogP contribution >= 0.6 is 11.6 Å². The number of nitrogens with zero attached hydrogens (tertiary/aromatic N) is 3. The maximum Gasteiger partial charge on any atom is 0.179 e. The number of carbonyl (C=O) groups excluding carboxylic acids is 1. The summed E-state index contributed by atoms with van der Waals surface area (Å²) < 4.78 is 1.49. The highest BCUT2D eigenvalue weighted by Crippen LogP contribution is 2.08. The second kappa shape index (κ2) is 2.81. The molecule has 0 aliphatic heterocycles. The number of aromatic nitrogens is 3. The molecule has 0 N–H and O–H groups in total. The molecular formula is C8H6ClN3O. The first-order valence-corrected chi connectivity index (χ1v) is 4.07. The second-order valence-electron chi connectivity index (χ2n) is 2.64. The van der Waals surface area contributed by atoms with Crippen LogP contribution in [0.2, 0.25) is 5.15 Å². The van der Waals surface area contributed by atoms with Crippen LogP contribution in [0.15, 0.2) is 18.3 Å². The molecule has 0 aliphatic rings. The van der Waals surface area contributed by atoms with Crippen LogP contribution in [0.1, 0.15) is 17.4 Å². The van der Waals surface area contributed by atoms with Crippen LogP contribution < -0.4 is 0 Å². The van der Waals surface area contributed by atoms with Crippen molar-refractivity contribution in [1.82, 2.24) is 14.6 Å². The van der Waals surface area contributed by atoms with Crippen LogP contribution in [0, 0.1) is 0 Å². The molecule has 0 aliphatic carbocycles. The summed E-state index contributed by atoms with van der Waals surface area (Å²) in [5, 5.41) is 4.32. The molecule has 2 heterocycles. The number of fused-ring (bicyclic) bond motifs is 1. The average Bonchev–Trinajstić information content (AvgIpc) is 2.46. The molecule has 0 unspecified atom stereocenters. The Labute approximate surface area is 79.2 Å². The van der Waals surface area contributed by atoms with E-state index in [4.69, 9.17) is 11.6 Å². The minimum atomic E-state index is -0.0818. The zero-order valence-corrected chi connectivity index (χ0v) is 7.62. The maximum atomic E-state index is 11.0. The summed E-state index contributed by atoms with van der Waals surface area (Å²) in [6.45, 7) is 1.46. The number of imidazole rings is 1. The molecule has 0 spiro atoms. The van der Waals surface area contributed by atoms with Gasteiger partial charge in [-0.3, -0.25) is 4.79 Å². The summed E-state index contributed by atoms with van der Waals surface area (Å²) in [7, 11) is 0. The number of halogens is 1. The molecule has 0 radical (unpaired) electrons. The zero-order valence-electron chi connectivity index (χ0n) is 6.86. The highest BCUT2D eigenvalue weighted by atomic mass is 35.5. The van der Waals surface area contributed by atoms with Crippen molar-refractivity contribution in [2.45, 2.75) is 6.92 Å². The van der Waals surface area contributed by atoms with Gasteiger partial charge >= 0.3 is 0 Å². The lowest BCUT2D eigenvalue weighted by Gasteiger charge is -1.89. The van der Waals surface area contributed by atoms with E-state index >= 15 is 0 Å². The number of carbonyl (C=O) groups is 1. The Morgan fingerprint density at radius 2 is 2.31 bits per heavy atom. The number of hydrogen-bond donors (Lipinski definition) is 0. The van der Waals surface area contributed by atoms with Crippen LogP contribution in [-0.2, 0) is 0 Å². The highest BCUT2D eigenvalue weighted by molar-refractivity contribution is 6.29. The van der Waals surface area contributed by atoms with Gasteiger partial charge in [0.15, 0.2) is 11.4 Å². The summed E-state index contributed by atoms with van der Waals surface area (Å²) in [5.74, 6) is -0.0818. The minimum Gasteiger partial charge on any atom is -0.293 e. The monoisotopic (exact) mass is 195 g/mol. The number of hydrogen-bond acceptors (Lipinski definition) is 3. The van der Waals surface area contributed by atoms with Gasteiger partial charge < -0.3 is 0 Å². The van der Waals surface area contributed by atoms with Crippen LogP contribution in [-0.4, -0.2) is 20.4 Å². The van der Waals surface area contributed by atoms with Crippen molar-refractivity contribution < 1.29 is 4.79 Å². The van der Waals surface area contributed by atoms with E-state index in [0.717, 1.165) is 0 Å². The normalized spacial score (nSPS) is 10.6. The van der Waals surface area contributed by atoms with Crippen LogP contribution in [0.3, 0.4) is 0 Å². The molecule has 66 valence electrons. The van der Waals surface area contributed by atoms with Gasteiger partial charge in [-0.25, -0.2) is 9.50 Å². The van der Waals surface area contributed by atoms with Gasteiger partial charge in [0.05, 0.1) is 6.20 Å². The van der Waals surface area contributed by atoms with E-state index in [-0.39, 0.29) is 5.78 Å². The fraction of sp³-hybridized carbons (Fsp3) is 0.125. The Morgan fingerprint density at radius 1 is 1.54 bits per heavy atom. The first kappa shape index (κ1) is 8.19. The topological polar surface area (TPSA) is 47.3 Å². The van der Waals surface area contributed by atoms with Crippen LogP contribution in [0.4, 0.5) is 0 Å². The molecule has 13 heavy (non-hydrogen) atoms. The Bertz CT molecular complexity index is 477. The van der Waals surface area contributed by atoms with Gasteiger partial charge in [-0.05, 0) is 12.1 Å². The molecule has 0 bridgehead atoms. The standard InChI is InChI=1S/C8H6ClN3O/c1-5(13)6-4-12-8(10-6)3-2-7(9)11-12/h2-4H,1H3. The fourth-order valence-corrected chi connectivity index (χ4v) is 1.17. The van der Waals surface area contributed by atoms with Gasteiger partial charge in [0.1, 0.15) is 10.8 Å². The average molecular weight is 196 g/mol. The Morgan fingerprint density at radius 3 is 3.00 bits per heavy atom. The van der Waals surface area contributed by atoms with Crippen molar-refractivity contribution in [3.8, 4) is 0 Å². The molecule has 0 fully saturated rings. The lowest BCUT2D eigenvalue weighted by atomic mass is 10.3. The first-order chi connectivity index (χ1) is 6.16. The van der Waals surface area contributed by atoms with E-state index in [1.165, 1.54) is 11.4 Å². The highest BCUT2D eigenvalue weighted by Gasteiger charge is 2.05. The minimum absolute atomic E-state index is 0.0818. The van der Waals surface area contributed by atoms with Gasteiger partial charge in [0.25, 0.3) is 0 Å². The predicted octanol–water partition coefficient (Wildman–Crippen LogP) is 1.59. The van der Waals surface area contributed by atoms with Gasteiger partial charge in [-0.1, -0.05) is 11.6 Å². The Hall–Kier alpha value is -1.42. The summed E-state index contributed by atoms with van der Waals surface area (Å²) in [5.41, 5.74) is 1.02. The van der Waals surface area contributed by atoms with E-state index < -0.39 is 0 Å². The molecule has 2 aromatic heterocycles. The van der Waals surface area contributed by atoms with E-state index in [2.05, 4.69) is 10.1 Å². The summed E-state index contributed by atoms with van der Waals surface area (Å²) in [6, 6.07) is 3.34. The summed E-state index contributed by atoms with van der Waals surface area (Å²) in [6.07, 6.45) is 1.56. The lowest BCUT2D eigenvalue weighted by molar-refractivity contribution is 0.101. The van der Waals surface area contributed by atoms with Crippen molar-refractivity contribution in [1.29, 1.82) is 0 Å². The lowest BCUT2D eigenvalue weighted by Crippen LogP contribution is -1.90. The molecule has 5 heteroatoms. The van der Waals surface area contributed by atoms with Gasteiger partial charge in [-0.15, -0.1) is 0 Å². The molecule has 2 aromatic rings. The SMILES string of the molecule is CC(=O)c1cn2nc(Cl)ccc2n1. The van der Waals surface area contributed by atoms with Crippen molar-refractivity contribution in [2.24, 2.45) is 0 Å². The first-order valence-electron chi connectivity index (χ1n) is 3.70. The largest absolute Gasteiger partial charge is 0.293 e. The summed E-state index contributed by atoms with van der Waals surface area (Å²) in [4.78, 5) is 15.0. The third-order valence-electron chi connectivity index (χ3n) is 1.65. The van der Waals surface area contributed by atoms with E-state index in [0.29, 0.717) is 16.5 Å². The van der Waals surface area contributed by atoms with Crippen LogP contribution in [0.25, 0.3) is 5.65 Å². The van der Waals surface area contributed by atoms with Crippen molar-refractivity contribution in [2.75, 3.05) is 0 Å². The zero-order chi connectivity index (χ0) is 9.42. The Balaban J connectivity index is 2.68. The number of ketones is 1. The Kier molecular flexibility index (Phi) is 1.77. The molecule has 0 saturated carbocycles. The summed E-state index contributed by atoms with van der Waals surface area (Å²) >= 11 is 5.66. The molecule has 0 aromatic carbocycles.